The minimum atomic E-state index is -3.81. The average molecular weight is 763 g/mol. The maximum atomic E-state index is 14.0. The number of halogens is 1. The molecule has 0 aliphatic heterocycles. The molecule has 2 amide bonds. The minimum absolute atomic E-state index is 0.0137. The third-order valence-corrected chi connectivity index (χ3v) is 9.93. The van der Waals surface area contributed by atoms with Gasteiger partial charge in [-0.25, -0.2) is 18.7 Å². The number of hydrazine groups is 1. The van der Waals surface area contributed by atoms with Crippen LogP contribution in [0.15, 0.2) is 115 Å². The molecule has 0 fully saturated rings. The number of aliphatic hydroxyl groups is 2. The predicted molar refractivity (Wildman–Crippen MR) is 205 cm³/mol. The van der Waals surface area contributed by atoms with Gasteiger partial charge in [0.05, 0.1) is 67.9 Å². The van der Waals surface area contributed by atoms with Crippen LogP contribution in [-0.4, -0.2) is 80.7 Å². The number of carbonyl (C=O) groups excluding carboxylic acids is 2. The first-order chi connectivity index (χ1) is 25.7. The Morgan fingerprint density at radius 2 is 1.44 bits per heavy atom. The highest BCUT2D eigenvalue weighted by Crippen LogP contribution is 2.23. The van der Waals surface area contributed by atoms with Gasteiger partial charge in [-0.05, 0) is 60.4 Å². The average Bonchev–Trinajstić information content (AvgIpc) is 3.16. The van der Waals surface area contributed by atoms with E-state index in [0.717, 1.165) is 26.7 Å². The van der Waals surface area contributed by atoms with Gasteiger partial charge in [0.25, 0.3) is 11.8 Å². The van der Waals surface area contributed by atoms with E-state index >= 15 is 0 Å². The smallest absolute Gasteiger partial charge is 0.251 e. The van der Waals surface area contributed by atoms with Gasteiger partial charge in [-0.3, -0.25) is 13.9 Å². The zero-order chi connectivity index (χ0) is 39.4. The number of ether oxygens (including phenoxy) is 1. The summed E-state index contributed by atoms with van der Waals surface area (Å²) < 4.78 is 45.3. The Morgan fingerprint density at radius 1 is 0.889 bits per heavy atom. The van der Waals surface area contributed by atoms with Crippen LogP contribution in [0.4, 0.5) is 10.1 Å². The van der Waals surface area contributed by atoms with Crippen LogP contribution in [0.2, 0.25) is 0 Å². The first kappa shape index (κ1) is 41.4. The summed E-state index contributed by atoms with van der Waals surface area (Å²) in [6, 6.07) is 26.6. The van der Waals surface area contributed by atoms with Crippen molar-refractivity contribution in [3.63, 3.8) is 0 Å². The third kappa shape index (κ3) is 11.8. The van der Waals surface area contributed by atoms with Gasteiger partial charge in [0.2, 0.25) is 10.0 Å². The van der Waals surface area contributed by atoms with Crippen molar-refractivity contribution in [1.82, 2.24) is 15.6 Å². The molecule has 0 unspecified atom stereocenters. The predicted octanol–water partition coefficient (Wildman–Crippen LogP) is 2.97. The highest BCUT2D eigenvalue weighted by molar-refractivity contribution is 7.92. The summed E-state index contributed by atoms with van der Waals surface area (Å²) in [5.74, 6) is 4.64. The molecular weight excluding hydrogens is 716 g/mol. The molecule has 0 aromatic heterocycles. The monoisotopic (exact) mass is 762 g/mol. The number of hydrogen-bond acceptors (Lipinski definition) is 10. The highest BCUT2D eigenvalue weighted by Gasteiger charge is 2.27. The molecule has 0 heterocycles. The number of rotatable bonds is 18. The van der Waals surface area contributed by atoms with Gasteiger partial charge in [0.1, 0.15) is 5.82 Å². The molecule has 8 N–H and O–H groups in total. The molecule has 0 bridgehead atoms. The van der Waals surface area contributed by atoms with E-state index in [1.165, 1.54) is 49.5 Å². The van der Waals surface area contributed by atoms with Crippen molar-refractivity contribution in [3.05, 3.63) is 148 Å². The maximum Gasteiger partial charge on any atom is 0.251 e. The number of hydrogen-bond donors (Lipinski definition) is 6. The first-order valence-corrected chi connectivity index (χ1v) is 18.9. The second-order valence-electron chi connectivity index (χ2n) is 12.8. The highest BCUT2D eigenvalue weighted by atomic mass is 32.2. The number of anilines is 1. The molecule has 0 aliphatic carbocycles. The quantitative estimate of drug-likeness (QED) is 0.0647. The third-order valence-electron chi connectivity index (χ3n) is 8.72. The Morgan fingerprint density at radius 3 is 2.00 bits per heavy atom. The van der Waals surface area contributed by atoms with E-state index in [2.05, 4.69) is 10.6 Å². The zero-order valence-electron chi connectivity index (χ0n) is 30.4. The molecule has 54 heavy (non-hydrogen) atoms. The molecule has 0 aliphatic rings. The molecule has 0 radical (unpaired) electrons. The van der Waals surface area contributed by atoms with Crippen LogP contribution in [0.1, 0.15) is 50.4 Å². The van der Waals surface area contributed by atoms with E-state index in [9.17, 15) is 32.6 Å². The fourth-order valence-corrected chi connectivity index (χ4v) is 5.98. The lowest BCUT2D eigenvalue weighted by Crippen LogP contribution is -2.51. The van der Waals surface area contributed by atoms with Gasteiger partial charge in [-0.2, -0.15) is 0 Å². The SMILES string of the molecule is C[C@@H](NC(=O)c1cc(C(=O)N[C@@H](Cc2ccccc2)[C@@H](O)CN(N)/C(COCc2ccccc2)=C(\N)CO)cc(N(C)S(C)(=O)=O)c1)c1ccc(F)cc1. The molecule has 4 rings (SSSR count). The van der Waals surface area contributed by atoms with Crippen molar-refractivity contribution in [2.24, 2.45) is 11.6 Å². The Bertz CT molecular complexity index is 2000. The van der Waals surface area contributed by atoms with Crippen molar-refractivity contribution in [1.29, 1.82) is 0 Å². The van der Waals surface area contributed by atoms with Gasteiger partial charge in [0.15, 0.2) is 0 Å². The van der Waals surface area contributed by atoms with Gasteiger partial charge < -0.3 is 36.3 Å². The van der Waals surface area contributed by atoms with E-state index in [4.69, 9.17) is 16.3 Å². The number of sulfonamides is 1. The number of nitrogens with zero attached hydrogens (tertiary/aromatic N) is 2. The second kappa shape index (κ2) is 19.1. The second-order valence-corrected chi connectivity index (χ2v) is 14.9. The molecule has 13 nitrogen and oxygen atoms in total. The normalized spacial score (nSPS) is 13.6. The summed E-state index contributed by atoms with van der Waals surface area (Å²) in [5, 5.41) is 28.2. The minimum Gasteiger partial charge on any atom is -0.399 e. The zero-order valence-corrected chi connectivity index (χ0v) is 31.2. The van der Waals surface area contributed by atoms with Crippen molar-refractivity contribution in [3.8, 4) is 0 Å². The van der Waals surface area contributed by atoms with Crippen molar-refractivity contribution in [2.45, 2.75) is 38.1 Å². The molecular formula is C39H47FN6O7S. The van der Waals surface area contributed by atoms with E-state index < -0.39 is 52.4 Å². The maximum absolute atomic E-state index is 14.0. The Hall–Kier alpha value is -5.32. The van der Waals surface area contributed by atoms with Crippen LogP contribution in [0.25, 0.3) is 0 Å². The van der Waals surface area contributed by atoms with Crippen molar-refractivity contribution < 1.29 is 37.3 Å². The van der Waals surface area contributed by atoms with Crippen LogP contribution in [-0.2, 0) is 27.8 Å². The molecule has 4 aromatic rings. The molecule has 0 saturated heterocycles. The van der Waals surface area contributed by atoms with Gasteiger partial charge in [0, 0.05) is 18.2 Å². The number of benzene rings is 4. The Kier molecular flexibility index (Phi) is 14.7. The Labute approximate surface area is 315 Å². The summed E-state index contributed by atoms with van der Waals surface area (Å²) in [6.45, 7) is 1.10. The van der Waals surface area contributed by atoms with E-state index in [0.29, 0.717) is 5.56 Å². The standard InChI is InChI=1S/C39H47FN6O7S/c1-26(29-14-16-32(40)17-15-29)43-38(49)30-19-31(21-33(20-30)45(2)54(3,51)52)39(50)44-35(18-27-10-6-4-7-11-27)37(48)22-46(42)36(34(41)23-47)25-53-24-28-12-8-5-9-13-28/h4-17,19-21,26,35,37,47-48H,18,22-25,41-42H2,1-3H3,(H,43,49)(H,44,50)/b36-34-/t26-,35+,37+/m1/s1. The van der Waals surface area contributed by atoms with Crippen LogP contribution < -0.4 is 26.5 Å². The van der Waals surface area contributed by atoms with Crippen molar-refractivity contribution >= 4 is 27.5 Å². The first-order valence-electron chi connectivity index (χ1n) is 17.1. The molecule has 0 spiro atoms. The van der Waals surface area contributed by atoms with E-state index in [1.54, 1.807) is 6.92 Å². The molecule has 288 valence electrons. The fraction of sp³-hybridized carbons (Fsp3) is 0.282. The van der Waals surface area contributed by atoms with E-state index in [-0.39, 0.29) is 54.4 Å². The number of carbonyl (C=O) groups is 2. The lowest BCUT2D eigenvalue weighted by molar-refractivity contribution is 0.0648. The fourth-order valence-electron chi connectivity index (χ4n) is 5.49. The van der Waals surface area contributed by atoms with E-state index in [1.807, 2.05) is 60.7 Å². The molecule has 15 heteroatoms. The largest absolute Gasteiger partial charge is 0.399 e. The van der Waals surface area contributed by atoms with Crippen molar-refractivity contribution in [2.75, 3.05) is 37.4 Å². The topological polar surface area (TPSA) is 201 Å². The number of aliphatic hydroxyl groups excluding tert-OH is 2. The van der Waals surface area contributed by atoms with Gasteiger partial charge >= 0.3 is 0 Å². The summed E-state index contributed by atoms with van der Waals surface area (Å²) in [4.78, 5) is 27.5. The number of nitrogens with one attached hydrogen (secondary N) is 2. The summed E-state index contributed by atoms with van der Waals surface area (Å²) in [5.41, 5.74) is 8.64. The van der Waals surface area contributed by atoms with Crippen LogP contribution in [0, 0.1) is 5.82 Å². The molecule has 4 aromatic carbocycles. The number of nitrogens with two attached hydrogens (primary N) is 2. The van der Waals surface area contributed by atoms with Gasteiger partial charge in [-0.1, -0.05) is 72.8 Å². The summed E-state index contributed by atoms with van der Waals surface area (Å²) >= 11 is 0. The number of amides is 2. The lowest BCUT2D eigenvalue weighted by Gasteiger charge is -2.31. The van der Waals surface area contributed by atoms with Gasteiger partial charge in [-0.15, -0.1) is 0 Å². The lowest BCUT2D eigenvalue weighted by atomic mass is 9.99. The molecule has 0 saturated carbocycles. The van der Waals surface area contributed by atoms with Crippen LogP contribution in [0.3, 0.4) is 0 Å². The molecule has 3 atom stereocenters. The van der Waals surface area contributed by atoms with Crippen LogP contribution >= 0.6 is 0 Å². The summed E-state index contributed by atoms with van der Waals surface area (Å²) in [6.07, 6.45) is -0.164. The van der Waals surface area contributed by atoms with Crippen LogP contribution in [0.5, 0.6) is 0 Å². The Balaban J connectivity index is 1.60. The summed E-state index contributed by atoms with van der Waals surface area (Å²) in [7, 11) is -2.52.